The lowest BCUT2D eigenvalue weighted by Crippen LogP contribution is -2.10. The maximum Gasteiger partial charge on any atom is 0.239 e. The van der Waals surface area contributed by atoms with Crippen molar-refractivity contribution in [3.05, 3.63) is 28.4 Å². The topological polar surface area (TPSA) is 94.8 Å². The standard InChI is InChI=1S/C22H24O9/c1-24-13-9-8-12-15(19(13)27-4)16(23)21(29-6)18(31-12)11-10-14(25-2)20(28-5)22(30-7)17(11)26-3/h8-10H,1-7H3. The van der Waals surface area contributed by atoms with Gasteiger partial charge in [-0.1, -0.05) is 0 Å². The minimum atomic E-state index is -0.440. The predicted molar refractivity (Wildman–Crippen MR) is 114 cm³/mol. The molecule has 0 unspecified atom stereocenters. The molecule has 31 heavy (non-hydrogen) atoms. The number of rotatable bonds is 8. The van der Waals surface area contributed by atoms with Crippen LogP contribution in [-0.4, -0.2) is 49.8 Å². The van der Waals surface area contributed by atoms with Gasteiger partial charge < -0.3 is 37.6 Å². The van der Waals surface area contributed by atoms with E-state index < -0.39 is 5.43 Å². The van der Waals surface area contributed by atoms with E-state index in [0.717, 1.165) is 0 Å². The summed E-state index contributed by atoms with van der Waals surface area (Å²) in [5, 5.41) is 0.189. The number of benzene rings is 2. The number of methoxy groups -OCH3 is 7. The van der Waals surface area contributed by atoms with Crippen molar-refractivity contribution in [2.75, 3.05) is 49.8 Å². The van der Waals surface area contributed by atoms with Gasteiger partial charge >= 0.3 is 0 Å². The second-order valence-corrected chi connectivity index (χ2v) is 6.19. The third kappa shape index (κ3) is 3.41. The summed E-state index contributed by atoms with van der Waals surface area (Å²) in [7, 11) is 10.2. The summed E-state index contributed by atoms with van der Waals surface area (Å²) in [5.74, 6) is 1.96. The fraction of sp³-hybridized carbons (Fsp3) is 0.318. The Bertz CT molecular complexity index is 1160. The summed E-state index contributed by atoms with van der Waals surface area (Å²) in [6.07, 6.45) is 0. The highest BCUT2D eigenvalue weighted by atomic mass is 16.5. The Labute approximate surface area is 178 Å². The van der Waals surface area contributed by atoms with Crippen molar-refractivity contribution < 1.29 is 37.6 Å². The molecule has 0 aliphatic rings. The maximum atomic E-state index is 13.4. The van der Waals surface area contributed by atoms with E-state index >= 15 is 0 Å². The molecule has 1 heterocycles. The summed E-state index contributed by atoms with van der Waals surface area (Å²) in [5.41, 5.74) is 0.210. The molecule has 166 valence electrons. The van der Waals surface area contributed by atoms with Gasteiger partial charge in [0, 0.05) is 0 Å². The first-order valence-electron chi connectivity index (χ1n) is 9.14. The molecule has 0 bridgehead atoms. The van der Waals surface area contributed by atoms with E-state index in [1.807, 2.05) is 0 Å². The molecule has 2 aromatic carbocycles. The first-order chi connectivity index (χ1) is 15.0. The lowest BCUT2D eigenvalue weighted by atomic mass is 10.1. The monoisotopic (exact) mass is 432 g/mol. The maximum absolute atomic E-state index is 13.4. The number of hydrogen-bond donors (Lipinski definition) is 0. The van der Waals surface area contributed by atoms with E-state index in [0.29, 0.717) is 22.8 Å². The molecule has 9 nitrogen and oxygen atoms in total. The van der Waals surface area contributed by atoms with E-state index in [1.165, 1.54) is 49.8 Å². The Morgan fingerprint density at radius 1 is 0.613 bits per heavy atom. The van der Waals surface area contributed by atoms with Gasteiger partial charge in [0.25, 0.3) is 0 Å². The highest BCUT2D eigenvalue weighted by Crippen LogP contribution is 2.51. The van der Waals surface area contributed by atoms with Crippen molar-refractivity contribution in [1.29, 1.82) is 0 Å². The van der Waals surface area contributed by atoms with Gasteiger partial charge in [-0.25, -0.2) is 0 Å². The molecular weight excluding hydrogens is 408 g/mol. The average Bonchev–Trinajstić information content (AvgIpc) is 2.81. The Morgan fingerprint density at radius 2 is 1.19 bits per heavy atom. The zero-order chi connectivity index (χ0) is 22.7. The van der Waals surface area contributed by atoms with Crippen molar-refractivity contribution in [2.45, 2.75) is 0 Å². The normalized spacial score (nSPS) is 10.5. The van der Waals surface area contributed by atoms with Crippen LogP contribution in [0.15, 0.2) is 27.4 Å². The van der Waals surface area contributed by atoms with E-state index in [2.05, 4.69) is 0 Å². The van der Waals surface area contributed by atoms with Crippen LogP contribution in [0.4, 0.5) is 0 Å². The fourth-order valence-electron chi connectivity index (χ4n) is 3.45. The van der Waals surface area contributed by atoms with Crippen molar-refractivity contribution in [3.63, 3.8) is 0 Å². The van der Waals surface area contributed by atoms with Crippen LogP contribution >= 0.6 is 0 Å². The molecule has 0 atom stereocenters. The molecule has 0 aliphatic carbocycles. The quantitative estimate of drug-likeness (QED) is 0.530. The zero-order valence-electron chi connectivity index (χ0n) is 18.4. The predicted octanol–water partition coefficient (Wildman–Crippen LogP) is 3.52. The van der Waals surface area contributed by atoms with Crippen LogP contribution in [0.5, 0.6) is 40.2 Å². The SMILES string of the molecule is COc1cc(-c2oc3ccc(OC)c(OC)c3c(=O)c2OC)c(OC)c(OC)c1OC. The molecule has 3 rings (SSSR count). The second kappa shape index (κ2) is 8.95. The Morgan fingerprint density at radius 3 is 1.71 bits per heavy atom. The van der Waals surface area contributed by atoms with Crippen LogP contribution in [0, 0.1) is 0 Å². The first kappa shape index (κ1) is 21.9. The summed E-state index contributed by atoms with van der Waals surface area (Å²) in [4.78, 5) is 13.4. The van der Waals surface area contributed by atoms with E-state index in [4.69, 9.17) is 37.6 Å². The van der Waals surface area contributed by atoms with Crippen molar-refractivity contribution in [1.82, 2.24) is 0 Å². The molecular formula is C22H24O9. The van der Waals surface area contributed by atoms with Crippen LogP contribution in [0.25, 0.3) is 22.3 Å². The number of ether oxygens (including phenoxy) is 7. The molecule has 0 aliphatic heterocycles. The molecule has 0 N–H and O–H groups in total. The van der Waals surface area contributed by atoms with E-state index in [9.17, 15) is 4.79 Å². The average molecular weight is 432 g/mol. The van der Waals surface area contributed by atoms with Crippen LogP contribution in [0.2, 0.25) is 0 Å². The molecule has 3 aromatic rings. The van der Waals surface area contributed by atoms with Crippen molar-refractivity contribution in [2.24, 2.45) is 0 Å². The van der Waals surface area contributed by atoms with Crippen molar-refractivity contribution >= 4 is 11.0 Å². The molecule has 0 amide bonds. The van der Waals surface area contributed by atoms with E-state index in [-0.39, 0.29) is 39.7 Å². The van der Waals surface area contributed by atoms with Gasteiger partial charge in [0.05, 0.1) is 55.3 Å². The minimum Gasteiger partial charge on any atom is -0.493 e. The molecule has 0 spiro atoms. The Hall–Kier alpha value is -3.75. The summed E-state index contributed by atoms with van der Waals surface area (Å²) in [6.45, 7) is 0. The third-order valence-corrected chi connectivity index (χ3v) is 4.80. The third-order valence-electron chi connectivity index (χ3n) is 4.80. The molecule has 9 heteroatoms. The molecule has 0 fully saturated rings. The van der Waals surface area contributed by atoms with Gasteiger partial charge in [-0.05, 0) is 18.2 Å². The van der Waals surface area contributed by atoms with Crippen LogP contribution in [-0.2, 0) is 0 Å². The largest absolute Gasteiger partial charge is 0.493 e. The first-order valence-corrected chi connectivity index (χ1v) is 9.14. The van der Waals surface area contributed by atoms with Gasteiger partial charge in [0.1, 0.15) is 11.0 Å². The van der Waals surface area contributed by atoms with Gasteiger partial charge in [-0.3, -0.25) is 4.79 Å². The van der Waals surface area contributed by atoms with E-state index in [1.54, 1.807) is 18.2 Å². The van der Waals surface area contributed by atoms with Gasteiger partial charge in [-0.15, -0.1) is 0 Å². The number of hydrogen-bond acceptors (Lipinski definition) is 9. The van der Waals surface area contributed by atoms with Crippen LogP contribution in [0.3, 0.4) is 0 Å². The Balaban J connectivity index is 2.48. The zero-order valence-corrected chi connectivity index (χ0v) is 18.4. The number of fused-ring (bicyclic) bond motifs is 1. The summed E-state index contributed by atoms with van der Waals surface area (Å²) >= 11 is 0. The van der Waals surface area contributed by atoms with Gasteiger partial charge in [-0.2, -0.15) is 0 Å². The Kier molecular flexibility index (Phi) is 6.33. The smallest absolute Gasteiger partial charge is 0.239 e. The minimum absolute atomic E-state index is 0.0494. The van der Waals surface area contributed by atoms with Gasteiger partial charge in [0.15, 0.2) is 28.8 Å². The summed E-state index contributed by atoms with van der Waals surface area (Å²) < 4.78 is 44.2. The van der Waals surface area contributed by atoms with Crippen LogP contribution in [0.1, 0.15) is 0 Å². The van der Waals surface area contributed by atoms with Gasteiger partial charge in [0.2, 0.25) is 22.7 Å². The highest BCUT2D eigenvalue weighted by molar-refractivity contribution is 5.91. The molecule has 0 radical (unpaired) electrons. The molecule has 1 aromatic heterocycles. The lowest BCUT2D eigenvalue weighted by Gasteiger charge is -2.19. The van der Waals surface area contributed by atoms with Crippen LogP contribution < -0.4 is 38.6 Å². The molecule has 0 saturated heterocycles. The summed E-state index contributed by atoms with van der Waals surface area (Å²) in [6, 6.07) is 4.88. The van der Waals surface area contributed by atoms with Crippen molar-refractivity contribution in [3.8, 4) is 51.6 Å². The fourth-order valence-corrected chi connectivity index (χ4v) is 3.45. The molecule has 0 saturated carbocycles. The second-order valence-electron chi connectivity index (χ2n) is 6.19. The highest BCUT2D eigenvalue weighted by Gasteiger charge is 2.28. The lowest BCUT2D eigenvalue weighted by molar-refractivity contribution is 0.305.